The highest BCUT2D eigenvalue weighted by molar-refractivity contribution is 6.30. The lowest BCUT2D eigenvalue weighted by Gasteiger charge is -2.20. The van der Waals surface area contributed by atoms with Crippen LogP contribution in [-0.4, -0.2) is 44.2 Å². The van der Waals surface area contributed by atoms with Crippen LogP contribution in [0.5, 0.6) is 17.2 Å². The molecule has 0 fully saturated rings. The molecule has 0 aliphatic heterocycles. The van der Waals surface area contributed by atoms with Crippen molar-refractivity contribution in [2.45, 2.75) is 6.54 Å². The number of nitrogens with zero attached hydrogens (tertiary/aromatic N) is 2. The van der Waals surface area contributed by atoms with Crippen LogP contribution in [-0.2, 0) is 6.54 Å². The van der Waals surface area contributed by atoms with Gasteiger partial charge in [0.2, 0.25) is 5.75 Å². The molecular weight excluding hydrogens is 332 g/mol. The molecule has 0 atom stereocenters. The molecule has 1 aromatic heterocycles. The van der Waals surface area contributed by atoms with E-state index in [-0.39, 0.29) is 11.6 Å². The molecule has 1 aromatic carbocycles. The van der Waals surface area contributed by atoms with E-state index >= 15 is 0 Å². The van der Waals surface area contributed by atoms with Gasteiger partial charge in [0.05, 0.1) is 21.3 Å². The number of benzene rings is 1. The number of carbonyl (C=O) groups is 1. The van der Waals surface area contributed by atoms with Crippen molar-refractivity contribution in [2.24, 2.45) is 0 Å². The fourth-order valence-electron chi connectivity index (χ4n) is 2.33. The van der Waals surface area contributed by atoms with Crippen molar-refractivity contribution in [3.8, 4) is 17.2 Å². The zero-order valence-electron chi connectivity index (χ0n) is 14.0. The Labute approximate surface area is 145 Å². The molecule has 6 nitrogen and oxygen atoms in total. The van der Waals surface area contributed by atoms with Crippen LogP contribution in [0.25, 0.3) is 0 Å². The Morgan fingerprint density at radius 3 is 2.42 bits per heavy atom. The molecule has 0 bridgehead atoms. The molecule has 0 aliphatic rings. The molecular formula is C17H19ClN2O4. The van der Waals surface area contributed by atoms with Crippen molar-refractivity contribution in [1.29, 1.82) is 0 Å². The van der Waals surface area contributed by atoms with E-state index < -0.39 is 0 Å². The summed E-state index contributed by atoms with van der Waals surface area (Å²) in [5.41, 5.74) is 1.07. The van der Waals surface area contributed by atoms with E-state index in [1.165, 1.54) is 24.3 Å². The molecule has 128 valence electrons. The van der Waals surface area contributed by atoms with Gasteiger partial charge in [-0.15, -0.1) is 0 Å². The lowest BCUT2D eigenvalue weighted by Crippen LogP contribution is -2.27. The fraction of sp³-hybridized carbons (Fsp3) is 0.294. The summed E-state index contributed by atoms with van der Waals surface area (Å²) in [5, 5.41) is 0.463. The first-order valence-corrected chi connectivity index (χ1v) is 7.54. The van der Waals surface area contributed by atoms with Gasteiger partial charge in [-0.25, -0.2) is 0 Å². The Hall–Kier alpha value is -2.47. The fourth-order valence-corrected chi connectivity index (χ4v) is 2.49. The number of amides is 1. The molecule has 24 heavy (non-hydrogen) atoms. The van der Waals surface area contributed by atoms with Crippen molar-refractivity contribution in [1.82, 2.24) is 9.88 Å². The highest BCUT2D eigenvalue weighted by Gasteiger charge is 2.20. The number of carbonyl (C=O) groups excluding carboxylic acids is 1. The summed E-state index contributed by atoms with van der Waals surface area (Å²) in [6.07, 6.45) is 1.50. The van der Waals surface area contributed by atoms with Gasteiger partial charge in [-0.05, 0) is 24.3 Å². The van der Waals surface area contributed by atoms with Gasteiger partial charge in [0.25, 0.3) is 5.91 Å². The first-order chi connectivity index (χ1) is 11.5. The second-order valence-electron chi connectivity index (χ2n) is 5.01. The van der Waals surface area contributed by atoms with Crippen molar-refractivity contribution < 1.29 is 19.0 Å². The first-order valence-electron chi connectivity index (χ1n) is 7.16. The van der Waals surface area contributed by atoms with Gasteiger partial charge in [0, 0.05) is 30.4 Å². The van der Waals surface area contributed by atoms with Gasteiger partial charge in [-0.3, -0.25) is 9.78 Å². The topological polar surface area (TPSA) is 60.9 Å². The van der Waals surface area contributed by atoms with Crippen molar-refractivity contribution >= 4 is 17.5 Å². The average molecular weight is 351 g/mol. The van der Waals surface area contributed by atoms with Crippen molar-refractivity contribution in [2.75, 3.05) is 28.4 Å². The van der Waals surface area contributed by atoms with E-state index in [0.29, 0.717) is 28.8 Å². The second-order valence-corrected chi connectivity index (χ2v) is 5.45. The van der Waals surface area contributed by atoms with Gasteiger partial charge in [0.1, 0.15) is 5.69 Å². The Morgan fingerprint density at radius 2 is 1.83 bits per heavy atom. The SMILES string of the molecule is COc1ccc(CN(C)C(=O)c2cc(Cl)ccn2)c(OC)c1OC. The summed E-state index contributed by atoms with van der Waals surface area (Å²) in [5.74, 6) is 1.33. The van der Waals surface area contributed by atoms with Gasteiger partial charge in [0.15, 0.2) is 11.5 Å². The van der Waals surface area contributed by atoms with E-state index in [9.17, 15) is 4.79 Å². The lowest BCUT2D eigenvalue weighted by molar-refractivity contribution is 0.0778. The smallest absolute Gasteiger partial charge is 0.272 e. The molecule has 2 rings (SSSR count). The van der Waals surface area contributed by atoms with Crippen LogP contribution in [0.2, 0.25) is 5.02 Å². The molecule has 0 aliphatic carbocycles. The molecule has 7 heteroatoms. The molecule has 1 amide bonds. The normalized spacial score (nSPS) is 10.2. The van der Waals surface area contributed by atoms with Crippen LogP contribution in [0.4, 0.5) is 0 Å². The Balaban J connectivity index is 2.28. The predicted molar refractivity (Wildman–Crippen MR) is 91.1 cm³/mol. The first kappa shape index (κ1) is 17.9. The van der Waals surface area contributed by atoms with E-state index in [2.05, 4.69) is 4.98 Å². The summed E-state index contributed by atoms with van der Waals surface area (Å²) >= 11 is 5.91. The van der Waals surface area contributed by atoms with E-state index in [0.717, 1.165) is 5.56 Å². The molecule has 0 saturated heterocycles. The van der Waals surface area contributed by atoms with Gasteiger partial charge < -0.3 is 19.1 Å². The lowest BCUT2D eigenvalue weighted by atomic mass is 10.1. The van der Waals surface area contributed by atoms with E-state index in [1.54, 1.807) is 33.4 Å². The van der Waals surface area contributed by atoms with Gasteiger partial charge >= 0.3 is 0 Å². The highest BCUT2D eigenvalue weighted by atomic mass is 35.5. The van der Waals surface area contributed by atoms with Crippen LogP contribution in [0.1, 0.15) is 16.1 Å². The van der Waals surface area contributed by atoms with Crippen LogP contribution < -0.4 is 14.2 Å². The van der Waals surface area contributed by atoms with Crippen molar-refractivity contribution in [3.63, 3.8) is 0 Å². The molecule has 0 N–H and O–H groups in total. The maximum absolute atomic E-state index is 12.5. The van der Waals surface area contributed by atoms with E-state index in [4.69, 9.17) is 25.8 Å². The summed E-state index contributed by atoms with van der Waals surface area (Å²) in [7, 11) is 6.31. The molecule has 1 heterocycles. The zero-order valence-corrected chi connectivity index (χ0v) is 14.8. The third-order valence-electron chi connectivity index (χ3n) is 3.48. The number of methoxy groups -OCH3 is 3. The van der Waals surface area contributed by atoms with E-state index in [1.807, 2.05) is 6.07 Å². The molecule has 0 spiro atoms. The second kappa shape index (κ2) is 7.88. The number of ether oxygens (including phenoxy) is 3. The minimum absolute atomic E-state index is 0.241. The summed E-state index contributed by atoms with van der Waals surface area (Å²) in [4.78, 5) is 18.1. The Bertz CT molecular complexity index is 737. The quantitative estimate of drug-likeness (QED) is 0.801. The molecule has 0 radical (unpaired) electrons. The van der Waals surface area contributed by atoms with Crippen LogP contribution in [0, 0.1) is 0 Å². The summed E-state index contributed by atoms with van der Waals surface area (Å²) in [6, 6.07) is 6.75. The summed E-state index contributed by atoms with van der Waals surface area (Å²) in [6.45, 7) is 0.316. The number of rotatable bonds is 6. The standard InChI is InChI=1S/C17H19ClN2O4/c1-20(17(21)13-9-12(18)7-8-19-13)10-11-5-6-14(22-2)16(24-4)15(11)23-3/h5-9H,10H2,1-4H3. The summed E-state index contributed by atoms with van der Waals surface area (Å²) < 4.78 is 16.1. The zero-order chi connectivity index (χ0) is 17.7. The monoisotopic (exact) mass is 350 g/mol. The largest absolute Gasteiger partial charge is 0.493 e. The van der Waals surface area contributed by atoms with Crippen molar-refractivity contribution in [3.05, 3.63) is 46.7 Å². The van der Waals surface area contributed by atoms with Crippen LogP contribution >= 0.6 is 11.6 Å². The maximum Gasteiger partial charge on any atom is 0.272 e. The number of aromatic nitrogens is 1. The number of pyridine rings is 1. The third-order valence-corrected chi connectivity index (χ3v) is 3.72. The minimum atomic E-state index is -0.241. The average Bonchev–Trinajstić information content (AvgIpc) is 2.60. The maximum atomic E-state index is 12.5. The predicted octanol–water partition coefficient (Wildman–Crippen LogP) is 3.03. The number of hydrogen-bond acceptors (Lipinski definition) is 5. The van der Waals surface area contributed by atoms with Gasteiger partial charge in [-0.1, -0.05) is 11.6 Å². The third kappa shape index (κ3) is 3.71. The number of halogens is 1. The van der Waals surface area contributed by atoms with Crippen LogP contribution in [0.15, 0.2) is 30.5 Å². The Kier molecular flexibility index (Phi) is 5.87. The Morgan fingerprint density at radius 1 is 1.12 bits per heavy atom. The molecule has 0 unspecified atom stereocenters. The number of hydrogen-bond donors (Lipinski definition) is 0. The molecule has 0 saturated carbocycles. The molecule has 2 aromatic rings. The minimum Gasteiger partial charge on any atom is -0.493 e. The van der Waals surface area contributed by atoms with Gasteiger partial charge in [-0.2, -0.15) is 0 Å². The van der Waals surface area contributed by atoms with Crippen LogP contribution in [0.3, 0.4) is 0 Å². The highest BCUT2D eigenvalue weighted by Crippen LogP contribution is 2.40.